The van der Waals surface area contributed by atoms with Crippen molar-refractivity contribution < 1.29 is 17.7 Å². The lowest BCUT2D eigenvalue weighted by atomic mass is 9.80. The third kappa shape index (κ3) is 5.58. The molecule has 0 aliphatic heterocycles. The van der Waals surface area contributed by atoms with Gasteiger partial charge in [0.25, 0.3) is 0 Å². The molecule has 0 saturated carbocycles. The van der Waals surface area contributed by atoms with Gasteiger partial charge in [-0.25, -0.2) is 0 Å². The Hall–Kier alpha value is -1.13. The molecule has 0 radical (unpaired) electrons. The molecule has 0 aliphatic carbocycles. The molecule has 108 valence electrons. The van der Waals surface area contributed by atoms with Crippen LogP contribution < -0.4 is 10.2 Å². The fourth-order valence-electron chi connectivity index (χ4n) is 1.92. The van der Waals surface area contributed by atoms with Crippen LogP contribution in [0, 0.1) is 5.92 Å². The average Bonchev–Trinajstić information content (AvgIpc) is 2.38. The second-order valence-corrected chi connectivity index (χ2v) is 4.87. The molecule has 1 rings (SSSR count). The first-order chi connectivity index (χ1) is 8.97. The highest BCUT2D eigenvalue weighted by Crippen LogP contribution is 2.18. The summed E-state index contributed by atoms with van der Waals surface area (Å²) in [6.45, 7) is -0.251. The van der Waals surface area contributed by atoms with E-state index in [-0.39, 0.29) is 0 Å². The lowest BCUT2D eigenvalue weighted by Gasteiger charge is -2.18. The predicted molar refractivity (Wildman–Crippen MR) is 74.0 cm³/mol. The van der Waals surface area contributed by atoms with Crippen molar-refractivity contribution in [2.45, 2.75) is 39.5 Å². The smallest absolute Gasteiger partial charge is 0.493 e. The van der Waals surface area contributed by atoms with E-state index in [1.54, 1.807) is 6.07 Å². The monoisotopic (exact) mass is 273 g/mol. The number of unbranched alkanes of at least 4 members (excludes halogenated alkanes) is 1. The van der Waals surface area contributed by atoms with Gasteiger partial charge in [0.2, 0.25) is 0 Å². The fourth-order valence-corrected chi connectivity index (χ4v) is 1.92. The number of hydrogen-bond acceptors (Lipinski definition) is 1. The maximum Gasteiger partial charge on any atom is 0.509 e. The van der Waals surface area contributed by atoms with Crippen LogP contribution in [0.1, 0.15) is 39.5 Å². The third-order valence-corrected chi connectivity index (χ3v) is 3.27. The standard InChI is InChI=1S/C14H21BF3O/c1-3-5-7-12(4-2)11-19-14-9-6-8-13(10-14)15(16,17)18/h6,8-10,12H,3-5,7,11H2,1-2H3/q-1. The third-order valence-electron chi connectivity index (χ3n) is 3.27. The predicted octanol–water partition coefficient (Wildman–Crippen LogP) is 4.34. The normalized spacial score (nSPS) is 13.3. The van der Waals surface area contributed by atoms with Gasteiger partial charge in [-0.3, -0.25) is 0 Å². The summed E-state index contributed by atoms with van der Waals surface area (Å²) in [5.74, 6) is 0.728. The van der Waals surface area contributed by atoms with Gasteiger partial charge in [-0.2, -0.15) is 0 Å². The van der Waals surface area contributed by atoms with Gasteiger partial charge in [-0.1, -0.05) is 45.2 Å². The molecule has 0 aliphatic rings. The van der Waals surface area contributed by atoms with Crippen LogP contribution in [-0.4, -0.2) is 13.6 Å². The summed E-state index contributed by atoms with van der Waals surface area (Å²) in [4.78, 5) is 0. The minimum atomic E-state index is -4.95. The fraction of sp³-hybridized carbons (Fsp3) is 0.571. The van der Waals surface area contributed by atoms with Gasteiger partial charge < -0.3 is 17.7 Å². The molecule has 1 atom stereocenters. The molecule has 19 heavy (non-hydrogen) atoms. The molecular weight excluding hydrogens is 252 g/mol. The second-order valence-electron chi connectivity index (χ2n) is 4.87. The Balaban J connectivity index is 2.57. The Labute approximate surface area is 113 Å². The molecule has 0 heterocycles. The minimum Gasteiger partial charge on any atom is -0.493 e. The van der Waals surface area contributed by atoms with Crippen LogP contribution >= 0.6 is 0 Å². The molecule has 1 aromatic rings. The van der Waals surface area contributed by atoms with Crippen LogP contribution in [0.15, 0.2) is 24.3 Å². The lowest BCUT2D eigenvalue weighted by Crippen LogP contribution is -2.33. The van der Waals surface area contributed by atoms with Crippen LogP contribution in [-0.2, 0) is 0 Å². The number of benzene rings is 1. The van der Waals surface area contributed by atoms with Crippen molar-refractivity contribution in [3.05, 3.63) is 24.3 Å². The maximum atomic E-state index is 12.6. The van der Waals surface area contributed by atoms with Crippen LogP contribution in [0.3, 0.4) is 0 Å². The summed E-state index contributed by atoms with van der Waals surface area (Å²) in [5.41, 5.74) is -0.598. The van der Waals surface area contributed by atoms with E-state index in [4.69, 9.17) is 4.74 Å². The van der Waals surface area contributed by atoms with E-state index in [2.05, 4.69) is 13.8 Å². The van der Waals surface area contributed by atoms with E-state index in [9.17, 15) is 12.9 Å². The lowest BCUT2D eigenvalue weighted by molar-refractivity contribution is 0.233. The average molecular weight is 273 g/mol. The molecular formula is C14H21BF3O-. The molecule has 1 aromatic carbocycles. The number of hydrogen-bond donors (Lipinski definition) is 0. The first-order valence-corrected chi connectivity index (χ1v) is 6.90. The van der Waals surface area contributed by atoms with Gasteiger partial charge >= 0.3 is 6.98 Å². The Morgan fingerprint density at radius 1 is 1.21 bits per heavy atom. The Morgan fingerprint density at radius 3 is 2.53 bits per heavy atom. The van der Waals surface area contributed by atoms with Gasteiger partial charge in [0.1, 0.15) is 5.75 Å². The highest BCUT2D eigenvalue weighted by atomic mass is 19.4. The first-order valence-electron chi connectivity index (χ1n) is 6.90. The highest BCUT2D eigenvalue weighted by molar-refractivity contribution is 6.73. The van der Waals surface area contributed by atoms with Gasteiger partial charge in [0, 0.05) is 0 Å². The van der Waals surface area contributed by atoms with E-state index in [0.717, 1.165) is 37.8 Å². The zero-order valence-corrected chi connectivity index (χ0v) is 11.5. The van der Waals surface area contributed by atoms with Gasteiger partial charge in [-0.15, -0.1) is 5.46 Å². The van der Waals surface area contributed by atoms with Crippen molar-refractivity contribution in [2.24, 2.45) is 5.92 Å². The minimum absolute atomic E-state index is 0.312. The summed E-state index contributed by atoms with van der Waals surface area (Å²) in [5, 5.41) is 0. The molecule has 0 bridgehead atoms. The summed E-state index contributed by atoms with van der Waals surface area (Å²) in [6, 6.07) is 5.15. The molecule has 0 aromatic heterocycles. The second kappa shape index (κ2) is 7.46. The zero-order chi connectivity index (χ0) is 14.3. The largest absolute Gasteiger partial charge is 0.509 e. The molecule has 0 amide bonds. The Bertz CT molecular complexity index is 379. The quantitative estimate of drug-likeness (QED) is 0.640. The molecule has 0 N–H and O–H groups in total. The highest BCUT2D eigenvalue weighted by Gasteiger charge is 2.25. The molecule has 1 nitrogen and oxygen atoms in total. The van der Waals surface area contributed by atoms with Crippen LogP contribution in [0.2, 0.25) is 0 Å². The van der Waals surface area contributed by atoms with Crippen molar-refractivity contribution >= 4 is 12.4 Å². The van der Waals surface area contributed by atoms with Crippen LogP contribution in [0.5, 0.6) is 5.75 Å². The summed E-state index contributed by atoms with van der Waals surface area (Å²) < 4.78 is 43.3. The SMILES string of the molecule is CCCCC(CC)COc1cccc([B-](F)(F)F)c1. The molecule has 0 saturated heterocycles. The topological polar surface area (TPSA) is 9.23 Å². The van der Waals surface area contributed by atoms with Crippen molar-refractivity contribution in [1.29, 1.82) is 0 Å². The molecule has 0 spiro atoms. The Kier molecular flexibility index (Phi) is 6.26. The molecule has 5 heteroatoms. The van der Waals surface area contributed by atoms with Crippen molar-refractivity contribution in [3.8, 4) is 5.75 Å². The summed E-state index contributed by atoms with van der Waals surface area (Å²) >= 11 is 0. The zero-order valence-electron chi connectivity index (χ0n) is 11.5. The van der Waals surface area contributed by atoms with E-state index in [1.807, 2.05) is 0 Å². The van der Waals surface area contributed by atoms with E-state index < -0.39 is 12.4 Å². The van der Waals surface area contributed by atoms with E-state index >= 15 is 0 Å². The first kappa shape index (κ1) is 15.9. The van der Waals surface area contributed by atoms with Crippen molar-refractivity contribution in [1.82, 2.24) is 0 Å². The van der Waals surface area contributed by atoms with Gasteiger partial charge in [0.15, 0.2) is 0 Å². The molecule has 1 unspecified atom stereocenters. The van der Waals surface area contributed by atoms with Gasteiger partial charge in [-0.05, 0) is 24.5 Å². The van der Waals surface area contributed by atoms with E-state index in [0.29, 0.717) is 18.3 Å². The van der Waals surface area contributed by atoms with Crippen LogP contribution in [0.4, 0.5) is 12.9 Å². The van der Waals surface area contributed by atoms with Crippen molar-refractivity contribution in [2.75, 3.05) is 6.61 Å². The summed E-state index contributed by atoms with van der Waals surface area (Å²) in [7, 11) is 0. The Morgan fingerprint density at radius 2 is 1.95 bits per heavy atom. The summed E-state index contributed by atoms with van der Waals surface area (Å²) in [6.07, 6.45) is 4.31. The maximum absolute atomic E-state index is 12.6. The number of halogens is 3. The molecule has 0 fully saturated rings. The number of rotatable bonds is 8. The van der Waals surface area contributed by atoms with E-state index in [1.165, 1.54) is 6.07 Å². The number of ether oxygens (including phenoxy) is 1. The van der Waals surface area contributed by atoms with Crippen molar-refractivity contribution in [3.63, 3.8) is 0 Å². The van der Waals surface area contributed by atoms with Gasteiger partial charge in [0.05, 0.1) is 6.61 Å². The van der Waals surface area contributed by atoms with Crippen LogP contribution in [0.25, 0.3) is 0 Å².